The Hall–Kier alpha value is 0.350. The summed E-state index contributed by atoms with van der Waals surface area (Å²) in [6.45, 7) is 0.795. The first-order valence-corrected chi connectivity index (χ1v) is 8.74. The van der Waals surface area contributed by atoms with Crippen molar-refractivity contribution in [2.24, 2.45) is 5.92 Å². The van der Waals surface area contributed by atoms with E-state index in [4.69, 9.17) is 4.74 Å². The zero-order chi connectivity index (χ0) is 13.5. The van der Waals surface area contributed by atoms with Crippen LogP contribution >= 0.6 is 38.5 Å². The van der Waals surface area contributed by atoms with Crippen LogP contribution in [0.4, 0.5) is 0 Å². The molecule has 2 fully saturated rings. The number of benzene rings is 1. The van der Waals surface area contributed by atoms with Crippen LogP contribution in [0.2, 0.25) is 0 Å². The van der Waals surface area contributed by atoms with Crippen molar-refractivity contribution in [2.75, 3.05) is 6.61 Å². The Morgan fingerprint density at radius 2 is 2.21 bits per heavy atom. The lowest BCUT2D eigenvalue weighted by Gasteiger charge is -2.48. The second kappa shape index (κ2) is 5.62. The van der Waals surface area contributed by atoms with Crippen LogP contribution in [0.1, 0.15) is 43.8 Å². The third-order valence-corrected chi connectivity index (χ3v) is 5.91. The van der Waals surface area contributed by atoms with E-state index in [1.807, 2.05) is 6.07 Å². The molecule has 0 amide bonds. The summed E-state index contributed by atoms with van der Waals surface area (Å²) < 4.78 is 8.12. The highest BCUT2D eigenvalue weighted by Crippen LogP contribution is 2.47. The minimum atomic E-state index is -0.384. The number of ether oxygens (including phenoxy) is 1. The largest absolute Gasteiger partial charge is 0.388 e. The molecule has 1 N–H and O–H groups in total. The third-order valence-electron chi connectivity index (χ3n) is 4.52. The average Bonchev–Trinajstić information content (AvgIpc) is 2.39. The highest BCUT2D eigenvalue weighted by Gasteiger charge is 2.44. The monoisotopic (exact) mass is 436 g/mol. The van der Waals surface area contributed by atoms with Crippen molar-refractivity contribution in [1.29, 1.82) is 0 Å². The maximum absolute atomic E-state index is 10.7. The van der Waals surface area contributed by atoms with Gasteiger partial charge in [0.05, 0.1) is 11.7 Å². The summed E-state index contributed by atoms with van der Waals surface area (Å²) in [6, 6.07) is 6.16. The first-order chi connectivity index (χ1) is 9.10. The van der Waals surface area contributed by atoms with Crippen molar-refractivity contribution in [3.63, 3.8) is 0 Å². The van der Waals surface area contributed by atoms with Gasteiger partial charge in [-0.1, -0.05) is 15.9 Å². The van der Waals surface area contributed by atoms with Gasteiger partial charge in [0.15, 0.2) is 0 Å². The molecule has 1 aromatic carbocycles. The lowest BCUT2D eigenvalue weighted by Crippen LogP contribution is -2.46. The molecule has 1 aliphatic heterocycles. The van der Waals surface area contributed by atoms with Gasteiger partial charge in [0.25, 0.3) is 0 Å². The normalized spacial score (nSPS) is 27.0. The Morgan fingerprint density at radius 3 is 2.89 bits per heavy atom. The molecule has 0 radical (unpaired) electrons. The molecule has 1 saturated carbocycles. The van der Waals surface area contributed by atoms with E-state index >= 15 is 0 Å². The summed E-state index contributed by atoms with van der Waals surface area (Å²) in [7, 11) is 0. The zero-order valence-corrected chi connectivity index (χ0v) is 14.5. The van der Waals surface area contributed by atoms with Gasteiger partial charge >= 0.3 is 0 Å². The Labute approximate surface area is 136 Å². The first kappa shape index (κ1) is 14.3. The molecule has 2 aliphatic rings. The predicted octanol–water partition coefficient (Wildman–Crippen LogP) is 4.44. The molecule has 1 spiro atoms. The molecule has 2 atom stereocenters. The molecule has 1 aromatic rings. The van der Waals surface area contributed by atoms with Crippen molar-refractivity contribution in [3.8, 4) is 0 Å². The van der Waals surface area contributed by atoms with Crippen LogP contribution in [-0.4, -0.2) is 17.3 Å². The highest BCUT2D eigenvalue weighted by molar-refractivity contribution is 14.1. The molecular weight excluding hydrogens is 419 g/mol. The number of aliphatic hydroxyl groups is 1. The Morgan fingerprint density at radius 1 is 1.42 bits per heavy atom. The van der Waals surface area contributed by atoms with Gasteiger partial charge in [-0.25, -0.2) is 0 Å². The topological polar surface area (TPSA) is 29.5 Å². The predicted molar refractivity (Wildman–Crippen MR) is 87.1 cm³/mol. The van der Waals surface area contributed by atoms with E-state index in [1.165, 1.54) is 22.8 Å². The fourth-order valence-electron chi connectivity index (χ4n) is 3.25. The average molecular weight is 437 g/mol. The van der Waals surface area contributed by atoms with E-state index in [9.17, 15) is 5.11 Å². The molecule has 0 aromatic heterocycles. The van der Waals surface area contributed by atoms with Gasteiger partial charge < -0.3 is 9.84 Å². The van der Waals surface area contributed by atoms with Crippen LogP contribution in [-0.2, 0) is 4.74 Å². The van der Waals surface area contributed by atoms with Crippen molar-refractivity contribution in [3.05, 3.63) is 31.8 Å². The summed E-state index contributed by atoms with van der Waals surface area (Å²) in [4.78, 5) is 0. The molecule has 0 bridgehead atoms. The standard InChI is InChI=1S/C15H18BrIO2/c16-13-3-2-11(17)8-12(13)14(18)10-4-7-19-15(9-10)5-1-6-15/h2-3,8,10,14,18H,1,4-7,9H2. The van der Waals surface area contributed by atoms with Crippen LogP contribution in [0, 0.1) is 9.49 Å². The van der Waals surface area contributed by atoms with E-state index in [2.05, 4.69) is 50.7 Å². The fraction of sp³-hybridized carbons (Fsp3) is 0.600. The number of rotatable bonds is 2. The van der Waals surface area contributed by atoms with Gasteiger partial charge in [0.2, 0.25) is 0 Å². The molecule has 3 rings (SSSR count). The van der Waals surface area contributed by atoms with Crippen LogP contribution in [0.3, 0.4) is 0 Å². The van der Waals surface area contributed by atoms with Gasteiger partial charge in [-0.05, 0) is 84.4 Å². The van der Waals surface area contributed by atoms with Gasteiger partial charge in [0, 0.05) is 14.6 Å². The van der Waals surface area contributed by atoms with Gasteiger partial charge in [-0.2, -0.15) is 0 Å². The number of halogens is 2. The van der Waals surface area contributed by atoms with Crippen molar-refractivity contribution >= 4 is 38.5 Å². The van der Waals surface area contributed by atoms with Gasteiger partial charge in [-0.3, -0.25) is 0 Å². The quantitative estimate of drug-likeness (QED) is 0.694. The summed E-state index contributed by atoms with van der Waals surface area (Å²) in [5, 5.41) is 10.7. The van der Waals surface area contributed by atoms with E-state index in [1.54, 1.807) is 0 Å². The molecule has 2 nitrogen and oxygen atoms in total. The molecule has 4 heteroatoms. The molecule has 1 heterocycles. The summed E-state index contributed by atoms with van der Waals surface area (Å²) >= 11 is 5.86. The first-order valence-electron chi connectivity index (χ1n) is 6.87. The second-order valence-corrected chi connectivity index (χ2v) is 7.85. The molecule has 1 aliphatic carbocycles. The Bertz CT molecular complexity index is 473. The summed E-state index contributed by atoms with van der Waals surface area (Å²) in [6.07, 6.45) is 5.20. The molecule has 104 valence electrons. The molecule has 2 unspecified atom stereocenters. The van der Waals surface area contributed by atoms with Gasteiger partial charge in [-0.15, -0.1) is 0 Å². The summed E-state index contributed by atoms with van der Waals surface area (Å²) in [5.74, 6) is 0.323. The third kappa shape index (κ3) is 2.87. The SMILES string of the molecule is OC(c1cc(I)ccc1Br)C1CCOC2(CCC2)C1. The Balaban J connectivity index is 1.79. The maximum atomic E-state index is 10.7. The second-order valence-electron chi connectivity index (χ2n) is 5.75. The molecule has 19 heavy (non-hydrogen) atoms. The Kier molecular flexibility index (Phi) is 4.23. The highest BCUT2D eigenvalue weighted by atomic mass is 127. The van der Waals surface area contributed by atoms with Crippen LogP contribution in [0.25, 0.3) is 0 Å². The van der Waals surface area contributed by atoms with E-state index in [0.717, 1.165) is 29.5 Å². The zero-order valence-electron chi connectivity index (χ0n) is 10.7. The minimum Gasteiger partial charge on any atom is -0.388 e. The van der Waals surface area contributed by atoms with E-state index in [0.29, 0.717) is 5.92 Å². The minimum absolute atomic E-state index is 0.0955. The molecular formula is C15H18BrIO2. The van der Waals surface area contributed by atoms with Crippen LogP contribution in [0.15, 0.2) is 22.7 Å². The fourth-order valence-corrected chi connectivity index (χ4v) is 4.25. The number of aliphatic hydroxyl groups excluding tert-OH is 1. The molecule has 1 saturated heterocycles. The maximum Gasteiger partial charge on any atom is 0.0831 e. The summed E-state index contributed by atoms with van der Waals surface area (Å²) in [5.41, 5.74) is 1.12. The number of hydrogen-bond acceptors (Lipinski definition) is 2. The number of hydrogen-bond donors (Lipinski definition) is 1. The van der Waals surface area contributed by atoms with E-state index < -0.39 is 0 Å². The van der Waals surface area contributed by atoms with Crippen molar-refractivity contribution in [1.82, 2.24) is 0 Å². The van der Waals surface area contributed by atoms with E-state index in [-0.39, 0.29) is 11.7 Å². The smallest absolute Gasteiger partial charge is 0.0831 e. The van der Waals surface area contributed by atoms with Crippen LogP contribution < -0.4 is 0 Å². The van der Waals surface area contributed by atoms with Gasteiger partial charge in [0.1, 0.15) is 0 Å². The van der Waals surface area contributed by atoms with Crippen molar-refractivity contribution < 1.29 is 9.84 Å². The lowest BCUT2D eigenvalue weighted by atomic mass is 9.70. The lowest BCUT2D eigenvalue weighted by molar-refractivity contribution is -0.157. The van der Waals surface area contributed by atoms with Crippen LogP contribution in [0.5, 0.6) is 0 Å². The van der Waals surface area contributed by atoms with Crippen molar-refractivity contribution in [2.45, 2.75) is 43.8 Å².